The first-order valence-corrected chi connectivity index (χ1v) is 17.8. The fourth-order valence-electron chi connectivity index (χ4n) is 4.75. The molecule has 12 nitrogen and oxygen atoms in total. The van der Waals surface area contributed by atoms with Crippen molar-refractivity contribution in [3.05, 3.63) is 109 Å². The Balaban J connectivity index is 0.000000152. The summed E-state index contributed by atoms with van der Waals surface area (Å²) in [7, 11) is 2.27. The molecule has 4 aromatic heterocycles. The highest BCUT2D eigenvalue weighted by molar-refractivity contribution is 14.1. The number of halogens is 3. The molecule has 0 N–H and O–H groups in total. The van der Waals surface area contributed by atoms with Crippen molar-refractivity contribution in [1.82, 2.24) is 29.2 Å². The van der Waals surface area contributed by atoms with Gasteiger partial charge in [0, 0.05) is 21.5 Å². The molecule has 16 heteroatoms. The van der Waals surface area contributed by atoms with Crippen molar-refractivity contribution in [1.29, 1.82) is 0 Å². The summed E-state index contributed by atoms with van der Waals surface area (Å²) < 4.78 is 27.7. The Morgan fingerprint density at radius 1 is 0.740 bits per heavy atom. The molecule has 0 radical (unpaired) electrons. The first-order chi connectivity index (χ1) is 23.7. The Morgan fingerprint density at radius 3 is 1.84 bits per heavy atom. The van der Waals surface area contributed by atoms with Crippen LogP contribution >= 0.6 is 54.5 Å². The highest BCUT2D eigenvalue weighted by Gasteiger charge is 2.51. The van der Waals surface area contributed by atoms with Gasteiger partial charge in [0.05, 0.1) is 45.5 Å². The third kappa shape index (κ3) is 8.42. The lowest BCUT2D eigenvalue weighted by Gasteiger charge is -2.32. The van der Waals surface area contributed by atoms with Gasteiger partial charge in [-0.25, -0.2) is 28.6 Å². The summed E-state index contributed by atoms with van der Waals surface area (Å²) in [5, 5.41) is 8.13. The van der Waals surface area contributed by atoms with Crippen molar-refractivity contribution in [2.75, 3.05) is 14.2 Å². The van der Waals surface area contributed by atoms with Gasteiger partial charge in [0.2, 0.25) is 0 Å². The maximum Gasteiger partial charge on any atom is 0.494 e. The van der Waals surface area contributed by atoms with Crippen LogP contribution in [0.2, 0.25) is 0 Å². The van der Waals surface area contributed by atoms with Crippen LogP contribution in [0.25, 0.3) is 22.4 Å². The SMILES string of the molecule is Brc1cc(I)cn2ncnc12.COC(=O)c1cccc(-c2cc(Br)c3ncnn3c2)c1.COC(=O)c1cccc(B2OC(C)(C)C(C)(C)O2)c1. The second-order valence-electron chi connectivity index (χ2n) is 11.9. The van der Waals surface area contributed by atoms with E-state index in [9.17, 15) is 9.59 Å². The van der Waals surface area contributed by atoms with Crippen LogP contribution in [-0.4, -0.2) is 73.7 Å². The van der Waals surface area contributed by atoms with Gasteiger partial charge in [-0.05, 0) is 130 Å². The number of esters is 2. The summed E-state index contributed by atoms with van der Waals surface area (Å²) in [4.78, 5) is 31.3. The molecule has 1 fully saturated rings. The monoisotopic (exact) mass is 916 g/mol. The molecular weight excluding hydrogens is 886 g/mol. The van der Waals surface area contributed by atoms with Gasteiger partial charge in [0.1, 0.15) is 12.7 Å². The van der Waals surface area contributed by atoms with E-state index >= 15 is 0 Å². The molecule has 0 saturated carbocycles. The van der Waals surface area contributed by atoms with E-state index in [-0.39, 0.29) is 23.1 Å². The first-order valence-electron chi connectivity index (χ1n) is 15.1. The molecule has 0 unspecified atom stereocenters. The van der Waals surface area contributed by atoms with Crippen molar-refractivity contribution >= 4 is 90.3 Å². The third-order valence-corrected chi connectivity index (χ3v) is 9.83. The molecular formula is C34H32BBr2IN6O6. The molecule has 7 rings (SSSR count). The zero-order chi connectivity index (χ0) is 36.2. The Kier molecular flexibility index (Phi) is 11.8. The minimum absolute atomic E-state index is 0.354. The summed E-state index contributed by atoms with van der Waals surface area (Å²) in [6, 6.07) is 18.3. The van der Waals surface area contributed by atoms with Gasteiger partial charge in [-0.1, -0.05) is 24.3 Å². The average Bonchev–Trinajstić information content (AvgIpc) is 3.82. The number of hydrogen-bond acceptors (Lipinski definition) is 10. The van der Waals surface area contributed by atoms with Gasteiger partial charge < -0.3 is 18.8 Å². The van der Waals surface area contributed by atoms with Crippen LogP contribution in [0.4, 0.5) is 0 Å². The topological polar surface area (TPSA) is 131 Å². The number of carbonyl (C=O) groups excluding carboxylic acids is 2. The second-order valence-corrected chi connectivity index (χ2v) is 14.9. The number of benzene rings is 2. The van der Waals surface area contributed by atoms with E-state index in [1.165, 1.54) is 26.9 Å². The average molecular weight is 918 g/mol. The van der Waals surface area contributed by atoms with E-state index in [0.717, 1.165) is 40.4 Å². The molecule has 0 atom stereocenters. The molecule has 0 bridgehead atoms. The van der Waals surface area contributed by atoms with E-state index in [1.54, 1.807) is 39.4 Å². The zero-order valence-corrected chi connectivity index (χ0v) is 33.3. The van der Waals surface area contributed by atoms with E-state index in [0.29, 0.717) is 11.1 Å². The molecule has 6 aromatic rings. The number of fused-ring (bicyclic) bond motifs is 2. The quantitative estimate of drug-likeness (QED) is 0.106. The molecule has 1 saturated heterocycles. The van der Waals surface area contributed by atoms with Crippen LogP contribution in [0.3, 0.4) is 0 Å². The van der Waals surface area contributed by atoms with Gasteiger partial charge in [-0.3, -0.25) is 0 Å². The highest BCUT2D eigenvalue weighted by atomic mass is 127. The minimum Gasteiger partial charge on any atom is -0.465 e. The van der Waals surface area contributed by atoms with Gasteiger partial charge in [-0.15, -0.1) is 0 Å². The molecule has 1 aliphatic heterocycles. The van der Waals surface area contributed by atoms with Crippen molar-refractivity contribution in [2.24, 2.45) is 0 Å². The van der Waals surface area contributed by atoms with Crippen LogP contribution in [0, 0.1) is 3.57 Å². The molecule has 0 aliphatic carbocycles. The van der Waals surface area contributed by atoms with Crippen LogP contribution in [-0.2, 0) is 18.8 Å². The molecule has 2 aromatic carbocycles. The summed E-state index contributed by atoms with van der Waals surface area (Å²) >= 11 is 9.10. The zero-order valence-electron chi connectivity index (χ0n) is 27.9. The number of carbonyl (C=O) groups is 2. The molecule has 0 amide bonds. The number of aromatic nitrogens is 6. The van der Waals surface area contributed by atoms with E-state index in [4.69, 9.17) is 18.8 Å². The molecule has 50 heavy (non-hydrogen) atoms. The van der Waals surface area contributed by atoms with Crippen LogP contribution in [0.15, 0.2) is 94.7 Å². The van der Waals surface area contributed by atoms with Crippen LogP contribution in [0.5, 0.6) is 0 Å². The molecule has 258 valence electrons. The van der Waals surface area contributed by atoms with Gasteiger partial charge in [-0.2, -0.15) is 10.2 Å². The summed E-state index contributed by atoms with van der Waals surface area (Å²) in [5.74, 6) is -0.717. The number of hydrogen-bond donors (Lipinski definition) is 0. The largest absolute Gasteiger partial charge is 0.494 e. The number of ether oxygens (including phenoxy) is 2. The second kappa shape index (κ2) is 15.7. The molecule has 0 spiro atoms. The number of nitrogens with zero attached hydrogens (tertiary/aromatic N) is 6. The van der Waals surface area contributed by atoms with Crippen molar-refractivity contribution in [2.45, 2.75) is 38.9 Å². The standard InChI is InChI=1S/C14H19BO4.C14H10BrN3O2.C6H3BrIN3/c1-13(2)14(3,4)19-15(18-13)11-8-6-7-10(9-11)12(16)17-5;1-20-14(19)10-4-2-3-9(5-10)11-6-12(15)13-16-8-17-18(13)7-11;7-5-1-4(8)2-11-6(5)9-3-10-11/h6-9H,1-5H3;2-8H,1H3;1-3H. The van der Waals surface area contributed by atoms with Gasteiger partial charge >= 0.3 is 19.1 Å². The van der Waals surface area contributed by atoms with Crippen LogP contribution < -0.4 is 5.46 Å². The molecule has 5 heterocycles. The number of rotatable bonds is 4. The first kappa shape index (κ1) is 37.5. The summed E-state index contributed by atoms with van der Waals surface area (Å²) in [6.45, 7) is 7.99. The minimum atomic E-state index is -0.463. The molecule has 1 aliphatic rings. The lowest BCUT2D eigenvalue weighted by atomic mass is 9.78. The Morgan fingerprint density at radius 2 is 1.26 bits per heavy atom. The lowest BCUT2D eigenvalue weighted by Crippen LogP contribution is -2.41. The van der Waals surface area contributed by atoms with Gasteiger partial charge in [0.15, 0.2) is 11.3 Å². The third-order valence-electron chi connectivity index (χ3n) is 8.08. The maximum atomic E-state index is 11.6. The predicted molar refractivity (Wildman–Crippen MR) is 204 cm³/mol. The van der Waals surface area contributed by atoms with E-state index < -0.39 is 7.12 Å². The summed E-state index contributed by atoms with van der Waals surface area (Å²) in [5.41, 5.74) is 4.49. The highest BCUT2D eigenvalue weighted by Crippen LogP contribution is 2.36. The van der Waals surface area contributed by atoms with Crippen molar-refractivity contribution in [3.63, 3.8) is 0 Å². The van der Waals surface area contributed by atoms with Crippen molar-refractivity contribution < 1.29 is 28.4 Å². The number of pyridine rings is 2. The normalized spacial score (nSPS) is 14.4. The van der Waals surface area contributed by atoms with Gasteiger partial charge in [0.25, 0.3) is 0 Å². The fraction of sp³-hybridized carbons (Fsp3) is 0.235. The van der Waals surface area contributed by atoms with E-state index in [2.05, 4.69) is 74.6 Å². The maximum absolute atomic E-state index is 11.6. The Labute approximate surface area is 319 Å². The van der Waals surface area contributed by atoms with Crippen molar-refractivity contribution in [3.8, 4) is 11.1 Å². The summed E-state index contributed by atoms with van der Waals surface area (Å²) in [6.07, 6.45) is 6.82. The predicted octanol–water partition coefficient (Wildman–Crippen LogP) is 6.81. The van der Waals surface area contributed by atoms with Crippen LogP contribution in [0.1, 0.15) is 48.4 Å². The number of methoxy groups -OCH3 is 2. The lowest BCUT2D eigenvalue weighted by molar-refractivity contribution is 0.00578. The van der Waals surface area contributed by atoms with E-state index in [1.807, 2.05) is 70.4 Å². The Bertz CT molecular complexity index is 2160. The fourth-order valence-corrected chi connectivity index (χ4v) is 6.82. The Hall–Kier alpha value is -3.71. The smallest absolute Gasteiger partial charge is 0.465 e.